The summed E-state index contributed by atoms with van der Waals surface area (Å²) in [5, 5.41) is 3.31. The zero-order chi connectivity index (χ0) is 11.9. The highest BCUT2D eigenvalue weighted by Crippen LogP contribution is 2.11. The molecule has 88 valence electrons. The largest absolute Gasteiger partial charge is 0.378 e. The summed E-state index contributed by atoms with van der Waals surface area (Å²) < 4.78 is 0. The number of benzene rings is 1. The van der Waals surface area contributed by atoms with Crippen LogP contribution in [0.5, 0.6) is 0 Å². The van der Waals surface area contributed by atoms with E-state index in [-0.39, 0.29) is 0 Å². The van der Waals surface area contributed by atoms with Gasteiger partial charge in [-0.1, -0.05) is 25.5 Å². The second-order valence-electron chi connectivity index (χ2n) is 3.97. The summed E-state index contributed by atoms with van der Waals surface area (Å²) in [7, 11) is 0. The van der Waals surface area contributed by atoms with Crippen molar-refractivity contribution in [1.82, 2.24) is 9.97 Å². The Labute approximate surface area is 102 Å². The van der Waals surface area contributed by atoms with Gasteiger partial charge in [-0.2, -0.15) is 0 Å². The molecule has 0 bridgehead atoms. The zero-order valence-electron chi connectivity index (χ0n) is 10.1. The lowest BCUT2D eigenvalue weighted by Gasteiger charge is -2.06. The van der Waals surface area contributed by atoms with Gasteiger partial charge in [0.1, 0.15) is 5.82 Å². The maximum Gasteiger partial charge on any atom is 0.147 e. The van der Waals surface area contributed by atoms with Crippen molar-refractivity contribution in [2.45, 2.75) is 26.3 Å². The van der Waals surface area contributed by atoms with Crippen molar-refractivity contribution in [3.63, 3.8) is 0 Å². The lowest BCUT2D eigenvalue weighted by molar-refractivity contribution is 0.920. The minimum Gasteiger partial charge on any atom is -0.378 e. The molecular formula is C14H17N3. The average molecular weight is 227 g/mol. The van der Waals surface area contributed by atoms with Crippen LogP contribution in [0.2, 0.25) is 0 Å². The Balaban J connectivity index is 1.91. The standard InChI is InChI=1S/C14H17N3/c1-2-4-12-5-7-13(8-6-12)17-11-14-15-9-3-10-16-14/h3,5-10,17H,2,4,11H2,1H3. The summed E-state index contributed by atoms with van der Waals surface area (Å²) in [5.74, 6) is 0.810. The summed E-state index contributed by atoms with van der Waals surface area (Å²) >= 11 is 0. The van der Waals surface area contributed by atoms with Crippen LogP contribution in [0.25, 0.3) is 0 Å². The monoisotopic (exact) mass is 227 g/mol. The van der Waals surface area contributed by atoms with Crippen LogP contribution < -0.4 is 5.32 Å². The molecule has 0 saturated carbocycles. The lowest BCUT2D eigenvalue weighted by Crippen LogP contribution is -2.03. The highest BCUT2D eigenvalue weighted by Gasteiger charge is 1.96. The van der Waals surface area contributed by atoms with Crippen LogP contribution in [0.4, 0.5) is 5.69 Å². The second kappa shape index (κ2) is 5.99. The SMILES string of the molecule is CCCc1ccc(NCc2ncccn2)cc1. The Morgan fingerprint density at radius 1 is 1.06 bits per heavy atom. The van der Waals surface area contributed by atoms with Gasteiger partial charge in [-0.05, 0) is 30.2 Å². The van der Waals surface area contributed by atoms with E-state index in [1.807, 2.05) is 6.07 Å². The number of aromatic nitrogens is 2. The number of hydrogen-bond donors (Lipinski definition) is 1. The number of nitrogens with zero attached hydrogens (tertiary/aromatic N) is 2. The van der Waals surface area contributed by atoms with Crippen molar-refractivity contribution in [1.29, 1.82) is 0 Å². The minimum absolute atomic E-state index is 0.661. The maximum atomic E-state index is 4.17. The summed E-state index contributed by atoms with van der Waals surface area (Å²) in [4.78, 5) is 8.33. The number of aryl methyl sites for hydroxylation is 1. The van der Waals surface area contributed by atoms with E-state index in [1.165, 1.54) is 12.0 Å². The molecule has 0 radical (unpaired) electrons. The lowest BCUT2D eigenvalue weighted by atomic mass is 10.1. The predicted octanol–water partition coefficient (Wildman–Crippen LogP) is 3.04. The molecule has 0 saturated heterocycles. The fraction of sp³-hybridized carbons (Fsp3) is 0.286. The van der Waals surface area contributed by atoms with E-state index in [0.717, 1.165) is 17.9 Å². The Morgan fingerprint density at radius 2 is 1.76 bits per heavy atom. The normalized spacial score (nSPS) is 10.2. The fourth-order valence-corrected chi connectivity index (χ4v) is 1.68. The average Bonchev–Trinajstić information content (AvgIpc) is 2.40. The van der Waals surface area contributed by atoms with Crippen molar-refractivity contribution in [3.05, 3.63) is 54.1 Å². The highest BCUT2D eigenvalue weighted by molar-refractivity contribution is 5.44. The van der Waals surface area contributed by atoms with Gasteiger partial charge in [0, 0.05) is 18.1 Å². The molecule has 0 spiro atoms. The number of rotatable bonds is 5. The summed E-state index contributed by atoms with van der Waals surface area (Å²) in [6.45, 7) is 2.85. The van der Waals surface area contributed by atoms with Crippen molar-refractivity contribution in [2.24, 2.45) is 0 Å². The molecule has 2 rings (SSSR count). The number of anilines is 1. The van der Waals surface area contributed by atoms with Gasteiger partial charge in [-0.15, -0.1) is 0 Å². The van der Waals surface area contributed by atoms with E-state index in [1.54, 1.807) is 12.4 Å². The molecule has 3 heteroatoms. The molecular weight excluding hydrogens is 210 g/mol. The first-order valence-electron chi connectivity index (χ1n) is 5.97. The molecule has 0 fully saturated rings. The van der Waals surface area contributed by atoms with E-state index in [9.17, 15) is 0 Å². The molecule has 1 aromatic heterocycles. The van der Waals surface area contributed by atoms with Gasteiger partial charge in [-0.25, -0.2) is 9.97 Å². The quantitative estimate of drug-likeness (QED) is 0.853. The van der Waals surface area contributed by atoms with Gasteiger partial charge in [0.15, 0.2) is 0 Å². The Hall–Kier alpha value is -1.90. The first-order valence-corrected chi connectivity index (χ1v) is 5.97. The topological polar surface area (TPSA) is 37.8 Å². The Morgan fingerprint density at radius 3 is 2.41 bits per heavy atom. The van der Waals surface area contributed by atoms with Gasteiger partial charge in [-0.3, -0.25) is 0 Å². The van der Waals surface area contributed by atoms with E-state index in [2.05, 4.69) is 46.5 Å². The Kier molecular flexibility index (Phi) is 4.08. The van der Waals surface area contributed by atoms with Crippen LogP contribution in [0.1, 0.15) is 24.7 Å². The van der Waals surface area contributed by atoms with Gasteiger partial charge in [0.05, 0.1) is 6.54 Å². The smallest absolute Gasteiger partial charge is 0.147 e. The van der Waals surface area contributed by atoms with Crippen LogP contribution in [0.15, 0.2) is 42.7 Å². The van der Waals surface area contributed by atoms with Gasteiger partial charge in [0.2, 0.25) is 0 Å². The molecule has 1 aromatic carbocycles. The van der Waals surface area contributed by atoms with E-state index >= 15 is 0 Å². The van der Waals surface area contributed by atoms with Gasteiger partial charge < -0.3 is 5.32 Å². The Bertz CT molecular complexity index is 437. The van der Waals surface area contributed by atoms with Crippen molar-refractivity contribution < 1.29 is 0 Å². The molecule has 0 aliphatic rings. The van der Waals surface area contributed by atoms with Crippen LogP contribution in [0, 0.1) is 0 Å². The van der Waals surface area contributed by atoms with Crippen LogP contribution in [-0.2, 0) is 13.0 Å². The van der Waals surface area contributed by atoms with Crippen molar-refractivity contribution in [2.75, 3.05) is 5.32 Å². The molecule has 0 aliphatic carbocycles. The highest BCUT2D eigenvalue weighted by atomic mass is 15.0. The minimum atomic E-state index is 0.661. The van der Waals surface area contributed by atoms with Crippen LogP contribution in [0.3, 0.4) is 0 Å². The van der Waals surface area contributed by atoms with Crippen LogP contribution in [-0.4, -0.2) is 9.97 Å². The molecule has 0 aliphatic heterocycles. The second-order valence-corrected chi connectivity index (χ2v) is 3.97. The molecule has 1 heterocycles. The molecule has 17 heavy (non-hydrogen) atoms. The van der Waals surface area contributed by atoms with E-state index in [4.69, 9.17) is 0 Å². The number of nitrogens with one attached hydrogen (secondary N) is 1. The molecule has 2 aromatic rings. The maximum absolute atomic E-state index is 4.17. The predicted molar refractivity (Wildman–Crippen MR) is 69.8 cm³/mol. The zero-order valence-corrected chi connectivity index (χ0v) is 10.1. The molecule has 1 N–H and O–H groups in total. The van der Waals surface area contributed by atoms with Crippen LogP contribution >= 0.6 is 0 Å². The third kappa shape index (κ3) is 3.55. The van der Waals surface area contributed by atoms with Crippen molar-refractivity contribution in [3.8, 4) is 0 Å². The molecule has 0 unspecified atom stereocenters. The van der Waals surface area contributed by atoms with Gasteiger partial charge in [0.25, 0.3) is 0 Å². The van der Waals surface area contributed by atoms with Crippen molar-refractivity contribution >= 4 is 5.69 Å². The third-order valence-corrected chi connectivity index (χ3v) is 2.56. The first-order chi connectivity index (χ1) is 8.38. The molecule has 3 nitrogen and oxygen atoms in total. The number of hydrogen-bond acceptors (Lipinski definition) is 3. The van der Waals surface area contributed by atoms with Gasteiger partial charge >= 0.3 is 0 Å². The van der Waals surface area contributed by atoms with E-state index < -0.39 is 0 Å². The fourth-order valence-electron chi connectivity index (χ4n) is 1.68. The molecule has 0 amide bonds. The molecule has 0 atom stereocenters. The van der Waals surface area contributed by atoms with E-state index in [0.29, 0.717) is 6.54 Å². The third-order valence-electron chi connectivity index (χ3n) is 2.56. The summed E-state index contributed by atoms with van der Waals surface area (Å²) in [6.07, 6.45) is 5.84. The first kappa shape index (κ1) is 11.6. The summed E-state index contributed by atoms with van der Waals surface area (Å²) in [6, 6.07) is 10.4. The summed E-state index contributed by atoms with van der Waals surface area (Å²) in [5.41, 5.74) is 2.49.